The summed E-state index contributed by atoms with van der Waals surface area (Å²) in [7, 11) is -2.69. The third-order valence-electron chi connectivity index (χ3n) is 1.47. The van der Waals surface area contributed by atoms with E-state index in [1.165, 1.54) is 0 Å². The SMILES string of the molecule is CCCOS(=O)(=S)c1ccccc1. The van der Waals surface area contributed by atoms with Crippen LogP contribution in [0, 0.1) is 0 Å². The van der Waals surface area contributed by atoms with Crippen LogP contribution in [0.5, 0.6) is 0 Å². The van der Waals surface area contributed by atoms with Gasteiger partial charge in [-0.3, -0.25) is 4.18 Å². The lowest BCUT2D eigenvalue weighted by atomic mass is 10.4. The van der Waals surface area contributed by atoms with E-state index in [0.29, 0.717) is 11.5 Å². The largest absolute Gasteiger partial charge is 0.286 e. The van der Waals surface area contributed by atoms with Crippen molar-refractivity contribution < 1.29 is 8.39 Å². The molecule has 13 heavy (non-hydrogen) atoms. The van der Waals surface area contributed by atoms with Gasteiger partial charge in [0.2, 0.25) is 0 Å². The zero-order valence-electron chi connectivity index (χ0n) is 7.43. The van der Waals surface area contributed by atoms with Crippen molar-refractivity contribution in [3.8, 4) is 0 Å². The Hall–Kier alpha value is -0.450. The molecular formula is C9H12O2S2. The maximum absolute atomic E-state index is 11.7. The Morgan fingerprint density at radius 3 is 2.54 bits per heavy atom. The first-order valence-electron chi connectivity index (χ1n) is 4.11. The lowest BCUT2D eigenvalue weighted by Gasteiger charge is -2.06. The Morgan fingerprint density at radius 2 is 2.00 bits per heavy atom. The van der Waals surface area contributed by atoms with Crippen molar-refractivity contribution in [1.82, 2.24) is 0 Å². The quantitative estimate of drug-likeness (QED) is 0.771. The Morgan fingerprint density at radius 1 is 1.38 bits per heavy atom. The van der Waals surface area contributed by atoms with Crippen molar-refractivity contribution in [2.45, 2.75) is 18.2 Å². The molecule has 0 heterocycles. The molecule has 2 nitrogen and oxygen atoms in total. The molecule has 0 amide bonds. The second kappa shape index (κ2) is 4.69. The van der Waals surface area contributed by atoms with Crippen LogP contribution >= 0.6 is 0 Å². The second-order valence-electron chi connectivity index (χ2n) is 2.59. The summed E-state index contributed by atoms with van der Waals surface area (Å²) in [6.45, 7) is 2.40. The summed E-state index contributed by atoms with van der Waals surface area (Å²) in [6.07, 6.45) is 0.820. The highest BCUT2D eigenvalue weighted by atomic mass is 32.8. The predicted octanol–water partition coefficient (Wildman–Crippen LogP) is 2.13. The molecule has 0 aliphatic rings. The van der Waals surface area contributed by atoms with Crippen molar-refractivity contribution in [3.63, 3.8) is 0 Å². The Bertz CT molecular complexity index is 343. The Kier molecular flexibility index (Phi) is 3.84. The van der Waals surface area contributed by atoms with E-state index in [9.17, 15) is 4.21 Å². The standard InChI is InChI=1S/C9H12O2S2/c1-2-8-11-13(10,12)9-6-4-3-5-7-9/h3-7H,2,8H2,1H3. The highest BCUT2D eigenvalue weighted by molar-refractivity contribution is 8.30. The van der Waals surface area contributed by atoms with Crippen LogP contribution in [-0.2, 0) is 24.1 Å². The number of benzene rings is 1. The molecule has 0 saturated heterocycles. The maximum atomic E-state index is 11.7. The Labute approximate surface area is 83.8 Å². The van der Waals surface area contributed by atoms with Crippen molar-refractivity contribution in [2.24, 2.45) is 0 Å². The summed E-state index contributed by atoms with van der Waals surface area (Å²) in [6, 6.07) is 8.91. The van der Waals surface area contributed by atoms with Crippen LogP contribution in [0.15, 0.2) is 35.2 Å². The smallest absolute Gasteiger partial charge is 0.173 e. The third-order valence-corrected chi connectivity index (χ3v) is 3.67. The van der Waals surface area contributed by atoms with Gasteiger partial charge in [0.15, 0.2) is 8.77 Å². The van der Waals surface area contributed by atoms with E-state index in [-0.39, 0.29) is 0 Å². The van der Waals surface area contributed by atoms with Gasteiger partial charge in [-0.15, -0.1) is 0 Å². The fraction of sp³-hybridized carbons (Fsp3) is 0.333. The fourth-order valence-corrected chi connectivity index (χ4v) is 2.40. The van der Waals surface area contributed by atoms with Gasteiger partial charge in [-0.1, -0.05) is 25.1 Å². The summed E-state index contributed by atoms with van der Waals surface area (Å²) in [5, 5.41) is 0. The number of hydrogen-bond acceptors (Lipinski definition) is 3. The topological polar surface area (TPSA) is 26.3 Å². The van der Waals surface area contributed by atoms with Crippen molar-refractivity contribution >= 4 is 20.0 Å². The molecule has 1 unspecified atom stereocenters. The van der Waals surface area contributed by atoms with Crippen molar-refractivity contribution in [3.05, 3.63) is 30.3 Å². The van der Waals surface area contributed by atoms with Crippen LogP contribution in [-0.4, -0.2) is 10.8 Å². The summed E-state index contributed by atoms with van der Waals surface area (Å²) >= 11 is 4.88. The van der Waals surface area contributed by atoms with Crippen LogP contribution in [0.1, 0.15) is 13.3 Å². The van der Waals surface area contributed by atoms with E-state index in [4.69, 9.17) is 15.4 Å². The minimum atomic E-state index is -2.69. The summed E-state index contributed by atoms with van der Waals surface area (Å²) in [4.78, 5) is 0.582. The summed E-state index contributed by atoms with van der Waals surface area (Å²) in [5.74, 6) is 0. The minimum absolute atomic E-state index is 0.442. The van der Waals surface area contributed by atoms with E-state index in [0.717, 1.165) is 6.42 Å². The molecule has 0 bridgehead atoms. The first kappa shape index (κ1) is 10.6. The lowest BCUT2D eigenvalue weighted by Crippen LogP contribution is -2.05. The molecule has 1 aromatic carbocycles. The molecule has 0 aromatic heterocycles. The van der Waals surface area contributed by atoms with Crippen LogP contribution < -0.4 is 0 Å². The van der Waals surface area contributed by atoms with Gasteiger partial charge in [0.25, 0.3) is 0 Å². The van der Waals surface area contributed by atoms with Crippen LogP contribution in [0.3, 0.4) is 0 Å². The zero-order chi connectivity index (χ0) is 9.73. The van der Waals surface area contributed by atoms with E-state index in [1.807, 2.05) is 13.0 Å². The van der Waals surface area contributed by atoms with E-state index in [1.54, 1.807) is 24.3 Å². The fourth-order valence-electron chi connectivity index (χ4n) is 0.848. The summed E-state index contributed by atoms with van der Waals surface area (Å²) in [5.41, 5.74) is 0. The van der Waals surface area contributed by atoms with Crippen LogP contribution in [0.25, 0.3) is 0 Å². The van der Waals surface area contributed by atoms with E-state index in [2.05, 4.69) is 0 Å². The first-order valence-corrected chi connectivity index (χ1v) is 6.52. The molecule has 0 N–H and O–H groups in total. The molecule has 0 fully saturated rings. The van der Waals surface area contributed by atoms with Gasteiger partial charge in [0, 0.05) is 11.2 Å². The number of hydrogen-bond donors (Lipinski definition) is 0. The van der Waals surface area contributed by atoms with Gasteiger partial charge in [0.1, 0.15) is 0 Å². The predicted molar refractivity (Wildman–Crippen MR) is 56.5 cm³/mol. The third kappa shape index (κ3) is 3.06. The molecule has 0 saturated carbocycles. The second-order valence-corrected chi connectivity index (χ2v) is 5.52. The first-order chi connectivity index (χ1) is 6.17. The van der Waals surface area contributed by atoms with E-state index < -0.39 is 8.77 Å². The molecule has 1 rings (SSSR count). The average molecular weight is 216 g/mol. The van der Waals surface area contributed by atoms with Gasteiger partial charge in [0.05, 0.1) is 11.5 Å². The number of rotatable bonds is 4. The lowest BCUT2D eigenvalue weighted by molar-refractivity contribution is 0.345. The van der Waals surface area contributed by atoms with E-state index >= 15 is 0 Å². The van der Waals surface area contributed by atoms with Gasteiger partial charge in [-0.05, 0) is 18.6 Å². The monoisotopic (exact) mass is 216 g/mol. The molecule has 0 aliphatic carbocycles. The van der Waals surface area contributed by atoms with Gasteiger partial charge in [-0.25, -0.2) is 4.21 Å². The minimum Gasteiger partial charge on any atom is -0.286 e. The summed E-state index contributed by atoms with van der Waals surface area (Å²) < 4.78 is 16.8. The molecule has 1 aromatic rings. The van der Waals surface area contributed by atoms with Gasteiger partial charge < -0.3 is 0 Å². The maximum Gasteiger partial charge on any atom is 0.173 e. The van der Waals surface area contributed by atoms with Crippen LogP contribution in [0.4, 0.5) is 0 Å². The van der Waals surface area contributed by atoms with Crippen molar-refractivity contribution in [1.29, 1.82) is 0 Å². The van der Waals surface area contributed by atoms with Crippen molar-refractivity contribution in [2.75, 3.05) is 6.61 Å². The molecule has 0 aliphatic heterocycles. The normalized spacial score (nSPS) is 15.2. The molecule has 0 radical (unpaired) electrons. The molecule has 0 spiro atoms. The molecule has 72 valence electrons. The molecule has 4 heteroatoms. The van der Waals surface area contributed by atoms with Gasteiger partial charge in [-0.2, -0.15) is 0 Å². The average Bonchev–Trinajstić information content (AvgIpc) is 2.16. The zero-order valence-corrected chi connectivity index (χ0v) is 9.07. The highest BCUT2D eigenvalue weighted by Gasteiger charge is 2.08. The Balaban J connectivity index is 2.83. The highest BCUT2D eigenvalue weighted by Crippen LogP contribution is 2.11. The van der Waals surface area contributed by atoms with Gasteiger partial charge >= 0.3 is 0 Å². The molecular weight excluding hydrogens is 204 g/mol. The molecule has 1 atom stereocenters. The van der Waals surface area contributed by atoms with Crippen LogP contribution in [0.2, 0.25) is 0 Å².